The summed E-state index contributed by atoms with van der Waals surface area (Å²) < 4.78 is 1.23. The Morgan fingerprint density at radius 3 is 2.23 bits per heavy atom. The Kier molecular flexibility index (Phi) is 5.07. The Morgan fingerprint density at radius 1 is 0.923 bits per heavy atom. The van der Waals surface area contributed by atoms with E-state index in [0.717, 1.165) is 29.4 Å². The van der Waals surface area contributed by atoms with Gasteiger partial charge in [0, 0.05) is 31.6 Å². The molecule has 4 rings (SSSR count). The van der Waals surface area contributed by atoms with E-state index in [9.17, 15) is 0 Å². The minimum atomic E-state index is 0.320. The van der Waals surface area contributed by atoms with Crippen LogP contribution in [0.25, 0.3) is 0 Å². The molecule has 2 saturated heterocycles. The Balaban J connectivity index is 1.64. The third-order valence-electron chi connectivity index (χ3n) is 7.05. The molecule has 2 aliphatic heterocycles. The van der Waals surface area contributed by atoms with Crippen molar-refractivity contribution in [2.45, 2.75) is 50.1 Å². The van der Waals surface area contributed by atoms with Crippen molar-refractivity contribution in [3.8, 4) is 0 Å². The van der Waals surface area contributed by atoms with Gasteiger partial charge in [-0.3, -0.25) is 0 Å². The lowest BCUT2D eigenvalue weighted by Crippen LogP contribution is -2.54. The molecule has 0 aromatic heterocycles. The molecule has 2 aliphatic rings. The summed E-state index contributed by atoms with van der Waals surface area (Å²) in [5, 5.41) is 1.38. The molecule has 0 saturated carbocycles. The van der Waals surface area contributed by atoms with Crippen molar-refractivity contribution in [3.05, 3.63) is 69.7 Å². The molecule has 3 atom stereocenters. The first-order valence-electron chi connectivity index (χ1n) is 9.79. The van der Waals surface area contributed by atoms with Crippen molar-refractivity contribution >= 4 is 23.2 Å². The van der Waals surface area contributed by atoms with Gasteiger partial charge >= 0.3 is 0 Å². The van der Waals surface area contributed by atoms with Gasteiger partial charge in [0.15, 0.2) is 0 Å². The van der Waals surface area contributed by atoms with Gasteiger partial charge in [-0.2, -0.15) is 0 Å². The molecule has 0 radical (unpaired) electrons. The van der Waals surface area contributed by atoms with E-state index < -0.39 is 0 Å². The summed E-state index contributed by atoms with van der Waals surface area (Å²) in [6, 6.07) is 18.5. The van der Waals surface area contributed by atoms with Gasteiger partial charge in [-0.05, 0) is 29.5 Å². The summed E-state index contributed by atoms with van der Waals surface area (Å²) >= 11 is 13.0. The molecule has 0 aliphatic carbocycles. The SMILES string of the molecule is C[N+]1(C)[C@H]2CC[C@H]1CC(CC(c1ccccc1)c1cccc(Cl)c1Cl)C2. The maximum absolute atomic E-state index is 6.64. The van der Waals surface area contributed by atoms with Crippen LogP contribution >= 0.6 is 23.2 Å². The maximum Gasteiger partial charge on any atom is 0.0893 e. The van der Waals surface area contributed by atoms with E-state index in [1.807, 2.05) is 12.1 Å². The van der Waals surface area contributed by atoms with Crippen LogP contribution in [0.3, 0.4) is 0 Å². The van der Waals surface area contributed by atoms with Crippen molar-refractivity contribution in [1.29, 1.82) is 0 Å². The number of piperidine rings is 1. The van der Waals surface area contributed by atoms with E-state index >= 15 is 0 Å². The predicted molar refractivity (Wildman–Crippen MR) is 111 cm³/mol. The van der Waals surface area contributed by atoms with Gasteiger partial charge in [-0.1, -0.05) is 65.7 Å². The quantitative estimate of drug-likeness (QED) is 0.522. The average Bonchev–Trinajstić information content (AvgIpc) is 2.80. The van der Waals surface area contributed by atoms with Crippen LogP contribution in [0.4, 0.5) is 0 Å². The molecular formula is C23H28Cl2N+. The van der Waals surface area contributed by atoms with Crippen molar-refractivity contribution in [1.82, 2.24) is 0 Å². The van der Waals surface area contributed by atoms with Crippen molar-refractivity contribution < 1.29 is 4.48 Å². The van der Waals surface area contributed by atoms with E-state index in [4.69, 9.17) is 23.2 Å². The summed E-state index contributed by atoms with van der Waals surface area (Å²) in [5.74, 6) is 1.08. The zero-order chi connectivity index (χ0) is 18.3. The first kappa shape index (κ1) is 18.3. The second kappa shape index (κ2) is 7.19. The van der Waals surface area contributed by atoms with Crippen molar-refractivity contribution in [2.24, 2.45) is 5.92 Å². The van der Waals surface area contributed by atoms with Crippen LogP contribution in [-0.2, 0) is 0 Å². The summed E-state index contributed by atoms with van der Waals surface area (Å²) in [6.45, 7) is 0. The van der Waals surface area contributed by atoms with Gasteiger partial charge in [-0.15, -0.1) is 0 Å². The molecule has 0 amide bonds. The molecule has 1 nitrogen and oxygen atoms in total. The second-order valence-corrected chi connectivity index (χ2v) is 9.48. The van der Waals surface area contributed by atoms with Gasteiger partial charge in [0.2, 0.25) is 0 Å². The largest absolute Gasteiger partial charge is 0.324 e. The Bertz CT molecular complexity index is 755. The lowest BCUT2D eigenvalue weighted by atomic mass is 9.78. The highest BCUT2D eigenvalue weighted by molar-refractivity contribution is 6.42. The third kappa shape index (κ3) is 3.30. The maximum atomic E-state index is 6.64. The highest BCUT2D eigenvalue weighted by Crippen LogP contribution is 2.47. The minimum Gasteiger partial charge on any atom is -0.324 e. The van der Waals surface area contributed by atoms with Crippen LogP contribution in [0.5, 0.6) is 0 Å². The Morgan fingerprint density at radius 2 is 1.58 bits per heavy atom. The van der Waals surface area contributed by atoms with Crippen LogP contribution in [0.1, 0.15) is 49.1 Å². The molecule has 2 aromatic rings. The molecule has 2 aromatic carbocycles. The third-order valence-corrected chi connectivity index (χ3v) is 7.89. The lowest BCUT2D eigenvalue weighted by Gasteiger charge is -2.45. The predicted octanol–water partition coefficient (Wildman–Crippen LogP) is 6.53. The molecule has 0 N–H and O–H groups in total. The summed E-state index contributed by atoms with van der Waals surface area (Å²) in [6.07, 6.45) is 6.62. The smallest absolute Gasteiger partial charge is 0.0893 e. The van der Waals surface area contributed by atoms with Crippen LogP contribution < -0.4 is 0 Å². The standard InChI is InChI=1S/C23H28Cl2N/c1-26(2)18-11-12-19(26)14-16(13-18)15-21(17-7-4-3-5-8-17)20-9-6-10-22(24)23(20)25/h3-10,16,18-19,21H,11-15H2,1-2H3/q+1/t18-,19-,21?/m0/s1. The molecule has 2 bridgehead atoms. The molecule has 2 heterocycles. The molecule has 26 heavy (non-hydrogen) atoms. The van der Waals surface area contributed by atoms with Gasteiger partial charge in [0.05, 0.1) is 36.2 Å². The zero-order valence-corrected chi connectivity index (χ0v) is 17.2. The first-order chi connectivity index (χ1) is 12.5. The lowest BCUT2D eigenvalue weighted by molar-refractivity contribution is -0.931. The van der Waals surface area contributed by atoms with Gasteiger partial charge in [-0.25, -0.2) is 0 Å². The fourth-order valence-electron chi connectivity index (χ4n) is 5.44. The average molecular weight is 389 g/mol. The first-order valence-corrected chi connectivity index (χ1v) is 10.5. The van der Waals surface area contributed by atoms with Crippen molar-refractivity contribution in [3.63, 3.8) is 0 Å². The van der Waals surface area contributed by atoms with Crippen LogP contribution in [0, 0.1) is 5.92 Å². The van der Waals surface area contributed by atoms with Crippen molar-refractivity contribution in [2.75, 3.05) is 14.1 Å². The molecular weight excluding hydrogens is 361 g/mol. The van der Waals surface area contributed by atoms with E-state index in [0.29, 0.717) is 10.9 Å². The molecule has 1 unspecified atom stereocenters. The molecule has 2 fully saturated rings. The molecule has 138 valence electrons. The molecule has 3 heteroatoms. The highest BCUT2D eigenvalue weighted by atomic mass is 35.5. The topological polar surface area (TPSA) is 0 Å². The fraction of sp³-hybridized carbons (Fsp3) is 0.478. The number of hydrogen-bond acceptors (Lipinski definition) is 0. The van der Waals surface area contributed by atoms with E-state index in [2.05, 4.69) is 50.5 Å². The zero-order valence-electron chi connectivity index (χ0n) is 15.7. The number of halogens is 2. The molecule has 0 spiro atoms. The van der Waals surface area contributed by atoms with E-state index in [-0.39, 0.29) is 0 Å². The summed E-state index contributed by atoms with van der Waals surface area (Å²) in [7, 11) is 4.86. The van der Waals surface area contributed by atoms with Crippen LogP contribution in [0.2, 0.25) is 10.0 Å². The second-order valence-electron chi connectivity index (χ2n) is 8.69. The Labute approximate surface area is 167 Å². The Hall–Kier alpha value is -1.02. The number of fused-ring (bicyclic) bond motifs is 2. The number of hydrogen-bond donors (Lipinski definition) is 0. The van der Waals surface area contributed by atoms with Gasteiger partial charge in [0.1, 0.15) is 0 Å². The number of benzene rings is 2. The number of nitrogens with zero attached hydrogens (tertiary/aromatic N) is 1. The highest BCUT2D eigenvalue weighted by Gasteiger charge is 2.49. The van der Waals surface area contributed by atoms with E-state index in [1.54, 1.807) is 0 Å². The summed E-state index contributed by atoms with van der Waals surface area (Å²) in [4.78, 5) is 0. The van der Waals surface area contributed by atoms with Crippen LogP contribution in [-0.4, -0.2) is 30.7 Å². The number of rotatable bonds is 4. The summed E-state index contributed by atoms with van der Waals surface area (Å²) in [5.41, 5.74) is 2.53. The van der Waals surface area contributed by atoms with E-state index in [1.165, 1.54) is 41.3 Å². The van der Waals surface area contributed by atoms with Gasteiger partial charge in [0.25, 0.3) is 0 Å². The minimum absolute atomic E-state index is 0.320. The van der Waals surface area contributed by atoms with Gasteiger partial charge < -0.3 is 4.48 Å². The monoisotopic (exact) mass is 388 g/mol. The number of quaternary nitrogens is 1. The van der Waals surface area contributed by atoms with Crippen LogP contribution in [0.15, 0.2) is 48.5 Å². The fourth-order valence-corrected chi connectivity index (χ4v) is 5.88. The normalized spacial score (nSPS) is 28.1.